The molecule has 0 bridgehead atoms. The number of benzene rings is 2. The number of para-hydroxylation sites is 1. The van der Waals surface area contributed by atoms with E-state index in [2.05, 4.69) is 15.2 Å². The Morgan fingerprint density at radius 2 is 1.76 bits per heavy atom. The lowest BCUT2D eigenvalue weighted by atomic mass is 10.1. The van der Waals surface area contributed by atoms with Gasteiger partial charge in [0.2, 0.25) is 0 Å². The Morgan fingerprint density at radius 1 is 0.931 bits per heavy atom. The standard InChI is InChI=1S/C21H15F2N5O/c22-15-7-4-14(5-8-15)21(29)27-10-11-28-18(12-27)25-26-20(28)17-9-6-13-2-1-3-16(23)19(13)24-17/h1-9H,10-12H2. The monoisotopic (exact) mass is 391 g/mol. The molecule has 3 heterocycles. The van der Waals surface area contributed by atoms with Crippen LogP contribution in [0.15, 0.2) is 54.6 Å². The van der Waals surface area contributed by atoms with Crippen molar-refractivity contribution in [3.63, 3.8) is 0 Å². The molecule has 8 heteroatoms. The van der Waals surface area contributed by atoms with E-state index >= 15 is 0 Å². The van der Waals surface area contributed by atoms with Crippen molar-refractivity contribution < 1.29 is 13.6 Å². The maximum atomic E-state index is 14.1. The second-order valence-electron chi connectivity index (χ2n) is 6.83. The van der Waals surface area contributed by atoms with E-state index in [0.29, 0.717) is 41.4 Å². The average Bonchev–Trinajstić information content (AvgIpc) is 3.17. The molecule has 2 aromatic heterocycles. The first-order valence-electron chi connectivity index (χ1n) is 9.13. The van der Waals surface area contributed by atoms with Gasteiger partial charge < -0.3 is 9.47 Å². The molecule has 0 radical (unpaired) electrons. The third-order valence-corrected chi connectivity index (χ3v) is 5.03. The average molecular weight is 391 g/mol. The molecule has 0 saturated heterocycles. The van der Waals surface area contributed by atoms with Crippen molar-refractivity contribution in [2.24, 2.45) is 0 Å². The molecule has 29 heavy (non-hydrogen) atoms. The van der Waals surface area contributed by atoms with Crippen LogP contribution in [0.1, 0.15) is 16.2 Å². The Hall–Kier alpha value is -3.68. The Bertz CT molecular complexity index is 1240. The number of halogens is 2. The highest BCUT2D eigenvalue weighted by Gasteiger charge is 2.26. The lowest BCUT2D eigenvalue weighted by Gasteiger charge is -2.27. The van der Waals surface area contributed by atoms with Crippen molar-refractivity contribution in [3.05, 3.63) is 77.6 Å². The van der Waals surface area contributed by atoms with Gasteiger partial charge in [0, 0.05) is 24.0 Å². The van der Waals surface area contributed by atoms with Gasteiger partial charge >= 0.3 is 0 Å². The fraction of sp³-hybridized carbons (Fsp3) is 0.143. The summed E-state index contributed by atoms with van der Waals surface area (Å²) in [5.74, 6) is 0.200. The number of amides is 1. The first-order valence-corrected chi connectivity index (χ1v) is 9.13. The molecular formula is C21H15F2N5O. The van der Waals surface area contributed by atoms with E-state index < -0.39 is 0 Å². The van der Waals surface area contributed by atoms with Gasteiger partial charge in [-0.3, -0.25) is 4.79 Å². The summed E-state index contributed by atoms with van der Waals surface area (Å²) in [5, 5.41) is 9.14. The van der Waals surface area contributed by atoms with Gasteiger partial charge in [-0.1, -0.05) is 18.2 Å². The van der Waals surface area contributed by atoms with Gasteiger partial charge in [-0.25, -0.2) is 13.8 Å². The van der Waals surface area contributed by atoms with Gasteiger partial charge in [0.05, 0.1) is 6.54 Å². The molecule has 0 unspecified atom stereocenters. The number of nitrogens with zero attached hydrogens (tertiary/aromatic N) is 5. The molecule has 1 amide bonds. The normalized spacial score (nSPS) is 13.5. The number of carbonyl (C=O) groups excluding carboxylic acids is 1. The summed E-state index contributed by atoms with van der Waals surface area (Å²) in [5.41, 5.74) is 1.23. The number of fused-ring (bicyclic) bond motifs is 2. The molecule has 0 fully saturated rings. The number of hydrogen-bond acceptors (Lipinski definition) is 4. The Balaban J connectivity index is 1.44. The zero-order valence-corrected chi connectivity index (χ0v) is 15.2. The van der Waals surface area contributed by atoms with E-state index in [-0.39, 0.29) is 29.6 Å². The molecule has 0 spiro atoms. The van der Waals surface area contributed by atoms with Gasteiger partial charge in [-0.15, -0.1) is 10.2 Å². The van der Waals surface area contributed by atoms with E-state index in [9.17, 15) is 13.6 Å². The Morgan fingerprint density at radius 3 is 2.59 bits per heavy atom. The van der Waals surface area contributed by atoms with Crippen molar-refractivity contribution in [1.82, 2.24) is 24.6 Å². The summed E-state index contributed by atoms with van der Waals surface area (Å²) < 4.78 is 29.1. The van der Waals surface area contributed by atoms with E-state index in [1.165, 1.54) is 30.3 Å². The molecule has 4 aromatic rings. The van der Waals surface area contributed by atoms with Crippen LogP contribution in [0.4, 0.5) is 8.78 Å². The van der Waals surface area contributed by atoms with Crippen LogP contribution in [-0.2, 0) is 13.1 Å². The molecule has 0 atom stereocenters. The van der Waals surface area contributed by atoms with Crippen LogP contribution in [0.25, 0.3) is 22.4 Å². The highest BCUT2D eigenvalue weighted by Crippen LogP contribution is 2.24. The van der Waals surface area contributed by atoms with E-state index in [0.717, 1.165) is 0 Å². The molecule has 0 saturated carbocycles. The summed E-state index contributed by atoms with van der Waals surface area (Å²) >= 11 is 0. The molecule has 1 aliphatic rings. The van der Waals surface area contributed by atoms with Crippen LogP contribution in [0.2, 0.25) is 0 Å². The number of pyridine rings is 1. The van der Waals surface area contributed by atoms with E-state index in [1.807, 2.05) is 4.57 Å². The molecule has 1 aliphatic heterocycles. The molecule has 144 valence electrons. The van der Waals surface area contributed by atoms with Crippen molar-refractivity contribution in [3.8, 4) is 11.5 Å². The third kappa shape index (κ3) is 3.02. The fourth-order valence-corrected chi connectivity index (χ4v) is 3.53. The van der Waals surface area contributed by atoms with Crippen LogP contribution in [0.5, 0.6) is 0 Å². The predicted molar refractivity (Wildman–Crippen MR) is 102 cm³/mol. The largest absolute Gasteiger partial charge is 0.329 e. The minimum atomic E-state index is -0.390. The molecular weight excluding hydrogens is 376 g/mol. The smallest absolute Gasteiger partial charge is 0.254 e. The van der Waals surface area contributed by atoms with Crippen molar-refractivity contribution in [2.75, 3.05) is 6.54 Å². The summed E-state index contributed by atoms with van der Waals surface area (Å²) in [4.78, 5) is 18.7. The van der Waals surface area contributed by atoms with Gasteiger partial charge in [0.1, 0.15) is 22.8 Å². The minimum absolute atomic E-state index is 0.188. The van der Waals surface area contributed by atoms with Gasteiger partial charge in [0.25, 0.3) is 5.91 Å². The predicted octanol–water partition coefficient (Wildman–Crippen LogP) is 3.43. The number of carbonyl (C=O) groups is 1. The van der Waals surface area contributed by atoms with Crippen molar-refractivity contribution >= 4 is 16.8 Å². The van der Waals surface area contributed by atoms with Crippen LogP contribution < -0.4 is 0 Å². The Labute approximate surface area is 164 Å². The van der Waals surface area contributed by atoms with Crippen molar-refractivity contribution in [1.29, 1.82) is 0 Å². The number of hydrogen-bond donors (Lipinski definition) is 0. The van der Waals surface area contributed by atoms with Crippen LogP contribution in [0.3, 0.4) is 0 Å². The van der Waals surface area contributed by atoms with Gasteiger partial charge in [-0.2, -0.15) is 0 Å². The molecule has 5 rings (SSSR count). The van der Waals surface area contributed by atoms with Crippen LogP contribution >= 0.6 is 0 Å². The molecule has 0 aliphatic carbocycles. The van der Waals surface area contributed by atoms with Gasteiger partial charge in [0.15, 0.2) is 11.6 Å². The van der Waals surface area contributed by atoms with E-state index in [4.69, 9.17) is 0 Å². The lowest BCUT2D eigenvalue weighted by Crippen LogP contribution is -2.38. The third-order valence-electron chi connectivity index (χ3n) is 5.03. The number of rotatable bonds is 2. The second-order valence-corrected chi connectivity index (χ2v) is 6.83. The zero-order valence-electron chi connectivity index (χ0n) is 15.2. The molecule has 6 nitrogen and oxygen atoms in total. The SMILES string of the molecule is O=C(c1ccc(F)cc1)N1CCn2c(nnc2-c2ccc3cccc(F)c3n2)C1. The summed E-state index contributed by atoms with van der Waals surface area (Å²) in [6, 6.07) is 13.9. The highest BCUT2D eigenvalue weighted by molar-refractivity contribution is 5.94. The Kier molecular flexibility index (Phi) is 4.04. The topological polar surface area (TPSA) is 63.9 Å². The van der Waals surface area contributed by atoms with Crippen LogP contribution in [-0.4, -0.2) is 37.1 Å². The minimum Gasteiger partial charge on any atom is -0.329 e. The molecule has 2 aromatic carbocycles. The molecule has 0 N–H and O–H groups in total. The van der Waals surface area contributed by atoms with Gasteiger partial charge in [-0.05, 0) is 36.4 Å². The summed E-state index contributed by atoms with van der Waals surface area (Å²) in [6.45, 7) is 1.23. The van der Waals surface area contributed by atoms with E-state index in [1.54, 1.807) is 29.2 Å². The number of aromatic nitrogens is 4. The lowest BCUT2D eigenvalue weighted by molar-refractivity contribution is 0.0708. The maximum absolute atomic E-state index is 14.1. The second kappa shape index (κ2) is 6.73. The fourth-order valence-electron chi connectivity index (χ4n) is 3.53. The zero-order chi connectivity index (χ0) is 20.0. The van der Waals surface area contributed by atoms with Crippen molar-refractivity contribution in [2.45, 2.75) is 13.1 Å². The summed E-state index contributed by atoms with van der Waals surface area (Å²) in [7, 11) is 0. The van der Waals surface area contributed by atoms with Crippen LogP contribution in [0, 0.1) is 11.6 Å². The summed E-state index contributed by atoms with van der Waals surface area (Å²) in [6.07, 6.45) is 0. The maximum Gasteiger partial charge on any atom is 0.254 e. The highest BCUT2D eigenvalue weighted by atomic mass is 19.1. The quantitative estimate of drug-likeness (QED) is 0.525. The first-order chi connectivity index (χ1) is 14.1. The first kappa shape index (κ1) is 17.4.